The van der Waals surface area contributed by atoms with Crippen LogP contribution in [0.5, 0.6) is 0 Å². The lowest BCUT2D eigenvalue weighted by atomic mass is 10.1. The molecule has 0 saturated carbocycles. The molecule has 6 nitrogen and oxygen atoms in total. The minimum atomic E-state index is -0.648. The van der Waals surface area contributed by atoms with Crippen molar-refractivity contribution in [3.63, 3.8) is 0 Å². The van der Waals surface area contributed by atoms with Crippen molar-refractivity contribution in [1.82, 2.24) is 10.6 Å². The summed E-state index contributed by atoms with van der Waals surface area (Å²) in [5, 5.41) is 4.74. The molecule has 1 heterocycles. The number of hydrogen-bond donors (Lipinski definition) is 2. The van der Waals surface area contributed by atoms with Crippen LogP contribution in [-0.2, 0) is 22.4 Å². The SMILES string of the molecule is CCCc1sc(C(=O)OCC(=O)NC(=O)N[C@@H](C)CC)cc1CC. The molecule has 0 aliphatic heterocycles. The highest BCUT2D eigenvalue weighted by molar-refractivity contribution is 7.14. The maximum atomic E-state index is 12.1. The molecule has 1 rings (SSSR count). The summed E-state index contributed by atoms with van der Waals surface area (Å²) in [7, 11) is 0. The summed E-state index contributed by atoms with van der Waals surface area (Å²) in [6.45, 7) is 7.41. The third-order valence-corrected chi connectivity index (χ3v) is 4.75. The predicted molar refractivity (Wildman–Crippen MR) is 94.4 cm³/mol. The maximum Gasteiger partial charge on any atom is 0.348 e. The van der Waals surface area contributed by atoms with Crippen molar-refractivity contribution in [3.05, 3.63) is 21.4 Å². The Morgan fingerprint density at radius 2 is 1.96 bits per heavy atom. The van der Waals surface area contributed by atoms with E-state index < -0.39 is 24.5 Å². The number of amides is 3. The third kappa shape index (κ3) is 6.31. The number of hydrogen-bond acceptors (Lipinski definition) is 5. The number of imide groups is 1. The number of rotatable bonds is 8. The van der Waals surface area contributed by atoms with Crippen LogP contribution in [0.4, 0.5) is 4.79 Å². The van der Waals surface area contributed by atoms with Crippen molar-refractivity contribution < 1.29 is 19.1 Å². The average Bonchev–Trinajstić information content (AvgIpc) is 2.95. The van der Waals surface area contributed by atoms with Crippen molar-refractivity contribution in [3.8, 4) is 0 Å². The highest BCUT2D eigenvalue weighted by Crippen LogP contribution is 2.25. The molecule has 3 amide bonds. The average molecular weight is 354 g/mol. The minimum absolute atomic E-state index is 0.0316. The second kappa shape index (κ2) is 10.1. The number of carbonyl (C=O) groups is 3. The zero-order valence-corrected chi connectivity index (χ0v) is 15.5. The van der Waals surface area contributed by atoms with Crippen LogP contribution in [-0.4, -0.2) is 30.6 Å². The zero-order chi connectivity index (χ0) is 18.1. The molecule has 0 saturated heterocycles. The number of ether oxygens (including phenoxy) is 1. The van der Waals surface area contributed by atoms with Crippen molar-refractivity contribution in [2.24, 2.45) is 0 Å². The quantitative estimate of drug-likeness (QED) is 0.703. The van der Waals surface area contributed by atoms with E-state index in [1.807, 2.05) is 26.8 Å². The van der Waals surface area contributed by atoms with Crippen molar-refractivity contribution >= 4 is 29.2 Å². The molecule has 134 valence electrons. The Bertz CT molecular complexity index is 583. The van der Waals surface area contributed by atoms with Crippen LogP contribution in [0.3, 0.4) is 0 Å². The molecule has 0 fully saturated rings. The molecule has 0 spiro atoms. The molecule has 1 atom stereocenters. The van der Waals surface area contributed by atoms with Gasteiger partial charge in [0.25, 0.3) is 5.91 Å². The van der Waals surface area contributed by atoms with Crippen molar-refractivity contribution in [2.45, 2.75) is 59.4 Å². The maximum absolute atomic E-state index is 12.1. The molecule has 1 aromatic heterocycles. The van der Waals surface area contributed by atoms with E-state index in [9.17, 15) is 14.4 Å². The van der Waals surface area contributed by atoms with Gasteiger partial charge in [-0.2, -0.15) is 0 Å². The van der Waals surface area contributed by atoms with Gasteiger partial charge in [-0.3, -0.25) is 10.1 Å². The third-order valence-electron chi connectivity index (χ3n) is 3.53. The molecule has 0 aliphatic rings. The molecular formula is C17H26N2O4S. The van der Waals surface area contributed by atoms with Gasteiger partial charge in [-0.15, -0.1) is 11.3 Å². The normalized spacial score (nSPS) is 11.7. The van der Waals surface area contributed by atoms with Crippen LogP contribution < -0.4 is 10.6 Å². The van der Waals surface area contributed by atoms with E-state index in [4.69, 9.17) is 4.74 Å². The number of thiophene rings is 1. The molecule has 1 aromatic rings. The molecule has 0 unspecified atom stereocenters. The number of carbonyl (C=O) groups excluding carboxylic acids is 3. The monoisotopic (exact) mass is 354 g/mol. The van der Waals surface area contributed by atoms with Crippen LogP contribution in [0, 0.1) is 0 Å². The fraction of sp³-hybridized carbons (Fsp3) is 0.588. The second-order valence-electron chi connectivity index (χ2n) is 5.57. The first-order chi connectivity index (χ1) is 11.4. The van der Waals surface area contributed by atoms with Gasteiger partial charge < -0.3 is 10.1 Å². The molecule has 7 heteroatoms. The summed E-state index contributed by atoms with van der Waals surface area (Å²) in [6, 6.07) is 1.21. The lowest BCUT2D eigenvalue weighted by Gasteiger charge is -2.11. The lowest BCUT2D eigenvalue weighted by Crippen LogP contribution is -2.44. The van der Waals surface area contributed by atoms with Gasteiger partial charge >= 0.3 is 12.0 Å². The minimum Gasteiger partial charge on any atom is -0.451 e. The van der Waals surface area contributed by atoms with Crippen LogP contribution in [0.25, 0.3) is 0 Å². The van der Waals surface area contributed by atoms with Crippen molar-refractivity contribution in [2.75, 3.05) is 6.61 Å². The first-order valence-electron chi connectivity index (χ1n) is 8.30. The highest BCUT2D eigenvalue weighted by Gasteiger charge is 2.17. The van der Waals surface area contributed by atoms with Gasteiger partial charge in [-0.25, -0.2) is 9.59 Å². The van der Waals surface area contributed by atoms with Crippen molar-refractivity contribution in [1.29, 1.82) is 0 Å². The number of urea groups is 1. The van der Waals surface area contributed by atoms with E-state index in [0.717, 1.165) is 31.2 Å². The molecule has 0 bridgehead atoms. The second-order valence-corrected chi connectivity index (χ2v) is 6.71. The number of esters is 1. The first-order valence-corrected chi connectivity index (χ1v) is 9.11. The Morgan fingerprint density at radius 1 is 1.25 bits per heavy atom. The smallest absolute Gasteiger partial charge is 0.348 e. The highest BCUT2D eigenvalue weighted by atomic mass is 32.1. The Labute approximate surface area is 147 Å². The molecule has 0 aromatic carbocycles. The van der Waals surface area contributed by atoms with Gasteiger partial charge in [0.15, 0.2) is 6.61 Å². The summed E-state index contributed by atoms with van der Waals surface area (Å²) in [6.07, 6.45) is 3.55. The Balaban J connectivity index is 2.51. The fourth-order valence-electron chi connectivity index (χ4n) is 2.03. The summed E-state index contributed by atoms with van der Waals surface area (Å²) in [4.78, 5) is 36.9. The molecule has 24 heavy (non-hydrogen) atoms. The van der Waals surface area contributed by atoms with Gasteiger partial charge in [0.1, 0.15) is 4.88 Å². The first kappa shape index (κ1) is 20.2. The van der Waals surface area contributed by atoms with Crippen LogP contribution in [0.2, 0.25) is 0 Å². The van der Waals surface area contributed by atoms with E-state index in [1.165, 1.54) is 16.2 Å². The molecular weight excluding hydrogens is 328 g/mol. The molecule has 2 N–H and O–H groups in total. The summed E-state index contributed by atoms with van der Waals surface area (Å²) < 4.78 is 4.99. The summed E-state index contributed by atoms with van der Waals surface area (Å²) in [5.74, 6) is -1.18. The zero-order valence-electron chi connectivity index (χ0n) is 14.7. The van der Waals surface area contributed by atoms with Crippen LogP contribution in [0.15, 0.2) is 6.07 Å². The van der Waals surface area contributed by atoms with Crippen LogP contribution >= 0.6 is 11.3 Å². The fourth-order valence-corrected chi connectivity index (χ4v) is 3.28. The van der Waals surface area contributed by atoms with Gasteiger partial charge in [0.05, 0.1) is 0 Å². The predicted octanol–water partition coefficient (Wildman–Crippen LogP) is 3.04. The Hall–Kier alpha value is -1.89. The number of aryl methyl sites for hydroxylation is 2. The van der Waals surface area contributed by atoms with Crippen LogP contribution in [0.1, 0.15) is 60.6 Å². The Morgan fingerprint density at radius 3 is 2.54 bits per heavy atom. The topological polar surface area (TPSA) is 84.5 Å². The largest absolute Gasteiger partial charge is 0.451 e. The van der Waals surface area contributed by atoms with Gasteiger partial charge in [0, 0.05) is 10.9 Å². The van der Waals surface area contributed by atoms with E-state index in [2.05, 4.69) is 17.6 Å². The standard InChI is InChI=1S/C17H26N2O4S/c1-5-8-13-12(7-3)9-14(24-13)16(21)23-10-15(20)19-17(22)18-11(4)6-2/h9,11H,5-8,10H2,1-4H3,(H2,18,19,20,22)/t11-/m0/s1. The summed E-state index contributed by atoms with van der Waals surface area (Å²) >= 11 is 1.41. The van der Waals surface area contributed by atoms with E-state index in [-0.39, 0.29) is 6.04 Å². The molecule has 0 radical (unpaired) electrons. The summed E-state index contributed by atoms with van der Waals surface area (Å²) in [5.41, 5.74) is 1.14. The number of nitrogens with one attached hydrogen (secondary N) is 2. The van der Waals surface area contributed by atoms with Gasteiger partial charge in [-0.1, -0.05) is 27.2 Å². The van der Waals surface area contributed by atoms with Gasteiger partial charge in [0.2, 0.25) is 0 Å². The molecule has 0 aliphatic carbocycles. The van der Waals surface area contributed by atoms with E-state index >= 15 is 0 Å². The van der Waals surface area contributed by atoms with E-state index in [0.29, 0.717) is 4.88 Å². The van der Waals surface area contributed by atoms with E-state index in [1.54, 1.807) is 0 Å². The lowest BCUT2D eigenvalue weighted by molar-refractivity contribution is -0.123. The van der Waals surface area contributed by atoms with Gasteiger partial charge in [-0.05, 0) is 37.8 Å². The Kier molecular flexibility index (Phi) is 8.46.